The molecule has 1 aliphatic rings. The van der Waals surface area contributed by atoms with Crippen molar-refractivity contribution in [1.82, 2.24) is 10.2 Å². The van der Waals surface area contributed by atoms with Gasteiger partial charge < -0.3 is 10.2 Å². The highest BCUT2D eigenvalue weighted by Crippen LogP contribution is 2.33. The molecule has 0 spiro atoms. The summed E-state index contributed by atoms with van der Waals surface area (Å²) >= 11 is 16.4. The number of benzene rings is 4. The first-order valence-corrected chi connectivity index (χ1v) is 18.4. The monoisotopic (exact) mass is 755 g/mol. The molecule has 7 nitrogen and oxygen atoms in total. The Balaban J connectivity index is 1.58. The molecule has 0 saturated heterocycles. The van der Waals surface area contributed by atoms with E-state index in [0.29, 0.717) is 0 Å². The molecular formula is C36H36BrCl2N3O4S. The van der Waals surface area contributed by atoms with E-state index in [1.807, 2.05) is 61.5 Å². The average Bonchev–Trinajstić information content (AvgIpc) is 3.57. The van der Waals surface area contributed by atoms with Crippen molar-refractivity contribution in [2.45, 2.75) is 62.6 Å². The predicted molar refractivity (Wildman–Crippen MR) is 191 cm³/mol. The van der Waals surface area contributed by atoms with Crippen LogP contribution in [-0.4, -0.2) is 43.8 Å². The number of nitrogens with one attached hydrogen (secondary N) is 1. The molecule has 4 aromatic rings. The second-order valence-corrected chi connectivity index (χ2v) is 15.4. The molecular weight excluding hydrogens is 721 g/mol. The summed E-state index contributed by atoms with van der Waals surface area (Å²) in [5, 5.41) is 3.55. The lowest BCUT2D eigenvalue weighted by molar-refractivity contribution is -0.140. The van der Waals surface area contributed by atoms with Crippen molar-refractivity contribution < 1.29 is 18.0 Å². The fourth-order valence-corrected chi connectivity index (χ4v) is 7.86. The number of aryl methyl sites for hydroxylation is 1. The van der Waals surface area contributed by atoms with Crippen LogP contribution in [0.15, 0.2) is 106 Å². The van der Waals surface area contributed by atoms with Gasteiger partial charge in [0.1, 0.15) is 12.6 Å². The summed E-state index contributed by atoms with van der Waals surface area (Å²) in [5.74, 6) is -0.845. The van der Waals surface area contributed by atoms with Crippen LogP contribution < -0.4 is 9.62 Å². The number of anilines is 1. The van der Waals surface area contributed by atoms with Gasteiger partial charge in [-0.3, -0.25) is 13.9 Å². The maximum absolute atomic E-state index is 14.7. The smallest absolute Gasteiger partial charge is 0.264 e. The highest BCUT2D eigenvalue weighted by atomic mass is 79.9. The molecule has 4 aromatic carbocycles. The first-order chi connectivity index (χ1) is 22.5. The first-order valence-electron chi connectivity index (χ1n) is 15.4. The van der Waals surface area contributed by atoms with Gasteiger partial charge in [0.15, 0.2) is 0 Å². The molecule has 47 heavy (non-hydrogen) atoms. The Bertz CT molecular complexity index is 1800. The highest BCUT2D eigenvalue weighted by Gasteiger charge is 2.36. The minimum Gasteiger partial charge on any atom is -0.352 e. The first kappa shape index (κ1) is 35.0. The number of hydrogen-bond donors (Lipinski definition) is 1. The number of nitrogens with zero attached hydrogens (tertiary/aromatic N) is 2. The predicted octanol–water partition coefficient (Wildman–Crippen LogP) is 7.96. The van der Waals surface area contributed by atoms with Crippen LogP contribution in [0.5, 0.6) is 0 Å². The van der Waals surface area contributed by atoms with Crippen molar-refractivity contribution in [3.05, 3.63) is 128 Å². The molecule has 0 unspecified atom stereocenters. The molecule has 0 bridgehead atoms. The number of sulfonamides is 1. The number of carbonyl (C=O) groups is 2. The van der Waals surface area contributed by atoms with Crippen LogP contribution in [0.4, 0.5) is 5.69 Å². The molecule has 1 N–H and O–H groups in total. The third kappa shape index (κ3) is 8.96. The van der Waals surface area contributed by atoms with Gasteiger partial charge in [-0.25, -0.2) is 8.42 Å². The molecule has 0 aromatic heterocycles. The number of amides is 2. The van der Waals surface area contributed by atoms with Crippen molar-refractivity contribution in [2.24, 2.45) is 0 Å². The Labute approximate surface area is 295 Å². The van der Waals surface area contributed by atoms with E-state index in [1.165, 1.54) is 29.2 Å². The molecule has 1 atom stereocenters. The number of rotatable bonds is 12. The van der Waals surface area contributed by atoms with Crippen molar-refractivity contribution in [1.29, 1.82) is 0 Å². The number of carbonyl (C=O) groups excluding carboxylic acids is 2. The third-order valence-electron chi connectivity index (χ3n) is 8.30. The zero-order valence-electron chi connectivity index (χ0n) is 25.9. The van der Waals surface area contributed by atoms with Crippen LogP contribution in [-0.2, 0) is 32.6 Å². The second kappa shape index (κ2) is 15.7. The Morgan fingerprint density at radius 2 is 1.55 bits per heavy atom. The van der Waals surface area contributed by atoms with Crippen molar-refractivity contribution >= 4 is 66.7 Å². The summed E-state index contributed by atoms with van der Waals surface area (Å²) < 4.78 is 30.4. The molecule has 0 radical (unpaired) electrons. The van der Waals surface area contributed by atoms with Crippen molar-refractivity contribution in [3.8, 4) is 0 Å². The van der Waals surface area contributed by atoms with Gasteiger partial charge in [0.05, 0.1) is 15.6 Å². The standard InChI is InChI=1S/C36H36BrCl2N3O4S/c1-25-11-18-31(19-12-25)47(45,46)42(33-22-29(38)17-20-32(33)39)24-35(43)41(23-27-13-15-28(37)16-14-27)34(21-26-7-3-2-4-8-26)36(44)40-30-9-5-6-10-30/h2-4,7-8,11-20,22,30,34H,5-6,9-10,21,23-24H2,1H3,(H,40,44)/t34-/m1/s1. The van der Waals surface area contributed by atoms with E-state index < -0.39 is 28.5 Å². The van der Waals surface area contributed by atoms with E-state index in [-0.39, 0.29) is 45.5 Å². The maximum atomic E-state index is 14.7. The van der Waals surface area contributed by atoms with Crippen LogP contribution in [0.2, 0.25) is 10.0 Å². The highest BCUT2D eigenvalue weighted by molar-refractivity contribution is 9.10. The Hall–Kier alpha value is -3.37. The average molecular weight is 758 g/mol. The quantitative estimate of drug-likeness (QED) is 0.159. The Kier molecular flexibility index (Phi) is 11.7. The van der Waals surface area contributed by atoms with E-state index in [9.17, 15) is 18.0 Å². The third-order valence-corrected chi connectivity index (χ3v) is 11.2. The summed E-state index contributed by atoms with van der Waals surface area (Å²) in [6.45, 7) is 1.31. The van der Waals surface area contributed by atoms with Crippen molar-refractivity contribution in [3.63, 3.8) is 0 Å². The molecule has 11 heteroatoms. The van der Waals surface area contributed by atoms with Gasteiger partial charge in [-0.15, -0.1) is 0 Å². The van der Waals surface area contributed by atoms with Crippen LogP contribution in [0, 0.1) is 6.92 Å². The van der Waals surface area contributed by atoms with E-state index in [4.69, 9.17) is 23.2 Å². The van der Waals surface area contributed by atoms with Crippen LogP contribution in [0.3, 0.4) is 0 Å². The fourth-order valence-electron chi connectivity index (χ4n) is 5.74. The van der Waals surface area contributed by atoms with Gasteiger partial charge in [0.25, 0.3) is 10.0 Å². The molecule has 0 heterocycles. The van der Waals surface area contributed by atoms with Gasteiger partial charge in [0.2, 0.25) is 11.8 Å². The lowest BCUT2D eigenvalue weighted by Gasteiger charge is -2.34. The van der Waals surface area contributed by atoms with Gasteiger partial charge >= 0.3 is 0 Å². The second-order valence-electron chi connectivity index (χ2n) is 11.8. The largest absolute Gasteiger partial charge is 0.352 e. The summed E-state index contributed by atoms with van der Waals surface area (Å²) in [6, 6.07) is 26.9. The topological polar surface area (TPSA) is 86.8 Å². The van der Waals surface area contributed by atoms with E-state index in [1.54, 1.807) is 18.2 Å². The SMILES string of the molecule is Cc1ccc(S(=O)(=O)N(CC(=O)N(Cc2ccc(Br)cc2)[C@H](Cc2ccccc2)C(=O)NC2CCCC2)c2cc(Cl)ccc2Cl)cc1. The zero-order chi connectivity index (χ0) is 33.6. The van der Waals surface area contributed by atoms with E-state index >= 15 is 0 Å². The summed E-state index contributed by atoms with van der Waals surface area (Å²) in [5.41, 5.74) is 2.59. The summed E-state index contributed by atoms with van der Waals surface area (Å²) in [4.78, 5) is 30.2. The van der Waals surface area contributed by atoms with Gasteiger partial charge in [0, 0.05) is 28.5 Å². The van der Waals surface area contributed by atoms with Crippen LogP contribution in [0.25, 0.3) is 0 Å². The maximum Gasteiger partial charge on any atom is 0.264 e. The Morgan fingerprint density at radius 3 is 2.21 bits per heavy atom. The lowest BCUT2D eigenvalue weighted by Crippen LogP contribution is -2.54. The molecule has 1 aliphatic carbocycles. The van der Waals surface area contributed by atoms with E-state index in [2.05, 4.69) is 21.2 Å². The molecule has 1 saturated carbocycles. The Morgan fingerprint density at radius 1 is 0.894 bits per heavy atom. The lowest BCUT2D eigenvalue weighted by atomic mass is 10.0. The van der Waals surface area contributed by atoms with Crippen molar-refractivity contribution in [2.75, 3.05) is 10.8 Å². The molecule has 2 amide bonds. The normalized spacial score (nSPS) is 14.0. The fraction of sp³-hybridized carbons (Fsp3) is 0.278. The summed E-state index contributed by atoms with van der Waals surface area (Å²) in [7, 11) is -4.30. The van der Waals surface area contributed by atoms with Crippen LogP contribution >= 0.6 is 39.1 Å². The number of halogens is 3. The van der Waals surface area contributed by atoms with Gasteiger partial charge in [-0.1, -0.05) is 112 Å². The molecule has 0 aliphatic heterocycles. The van der Waals surface area contributed by atoms with Gasteiger partial charge in [-0.05, 0) is 73.4 Å². The minimum absolute atomic E-state index is 0.00814. The van der Waals surface area contributed by atoms with E-state index in [0.717, 1.165) is 51.2 Å². The zero-order valence-corrected chi connectivity index (χ0v) is 29.8. The summed E-state index contributed by atoms with van der Waals surface area (Å²) in [6.07, 6.45) is 4.05. The molecule has 5 rings (SSSR count). The van der Waals surface area contributed by atoms with Crippen LogP contribution in [0.1, 0.15) is 42.4 Å². The molecule has 246 valence electrons. The van der Waals surface area contributed by atoms with Gasteiger partial charge in [-0.2, -0.15) is 0 Å². The number of hydrogen-bond acceptors (Lipinski definition) is 4. The minimum atomic E-state index is -4.30. The molecule has 1 fully saturated rings.